The molecule has 0 aromatic carbocycles. The van der Waals surface area contributed by atoms with Crippen LogP contribution in [0.4, 0.5) is 11.6 Å². The van der Waals surface area contributed by atoms with Gasteiger partial charge in [-0.1, -0.05) is 40.5 Å². The summed E-state index contributed by atoms with van der Waals surface area (Å²) in [7, 11) is -67.1. The summed E-state index contributed by atoms with van der Waals surface area (Å²) in [5.41, 5.74) is -1.38. The zero-order valence-corrected chi connectivity index (χ0v) is 76.9. The smallest absolute Gasteiger partial charge is 0.388 e. The van der Waals surface area contributed by atoms with Gasteiger partial charge < -0.3 is 129 Å². The molecule has 4 saturated heterocycles. The molecule has 24 atom stereocenters. The number of alkyl halides is 4. The first kappa shape index (κ1) is 114. The Morgan fingerprint density at radius 1 is 0.357 bits per heavy atom. The third kappa shape index (κ3) is 32.8. The largest absolute Gasteiger partial charge is 0.490 e. The van der Waals surface area contributed by atoms with E-state index in [2.05, 4.69) is 62.5 Å². The highest BCUT2D eigenvalue weighted by atomic mass is 35.5. The summed E-state index contributed by atoms with van der Waals surface area (Å²) in [6.45, 7) is 2.38. The number of nitrogen functional groups attached to an aromatic ring is 2. The number of H-pyrrole nitrogens is 2. The fourth-order valence-electron chi connectivity index (χ4n) is 11.3. The Kier molecular flexibility index (Phi) is 39.2. The van der Waals surface area contributed by atoms with E-state index in [0.29, 0.717) is 12.8 Å². The fraction of sp³-hybridized carbons (Fsp3) is 0.652. The third-order valence-electron chi connectivity index (χ3n) is 16.5. The van der Waals surface area contributed by atoms with Crippen LogP contribution in [0.5, 0.6) is 0 Å². The van der Waals surface area contributed by atoms with Crippen LogP contribution in [0, 0.1) is 0 Å². The Hall–Kier alpha value is -2.80. The van der Waals surface area contributed by atoms with Crippen molar-refractivity contribution in [1.29, 1.82) is 0 Å². The molecule has 4 fully saturated rings. The number of aromatic nitrogens is 8. The Labute approximate surface area is 720 Å². The highest BCUT2D eigenvalue weighted by molar-refractivity contribution is 7.68. The maximum absolute atomic E-state index is 12.1. The van der Waals surface area contributed by atoms with Gasteiger partial charge in [0, 0.05) is 36.9 Å². The average Bonchev–Trinajstić information content (AvgIpc) is 1.61. The van der Waals surface area contributed by atoms with E-state index in [0.717, 1.165) is 42.8 Å². The first-order valence-electron chi connectivity index (χ1n) is 33.5. The minimum absolute atomic E-state index is 0.0270. The highest BCUT2D eigenvalue weighted by Gasteiger charge is 2.61. The molecular weight excluding hydrogens is 2070 g/mol. The predicted octanol–water partition coefficient (Wildman–Crippen LogP) is -0.539. The molecular formula is C46H78Cl4N10O54P12. The van der Waals surface area contributed by atoms with Gasteiger partial charge in [-0.05, 0) is 37.8 Å². The van der Waals surface area contributed by atoms with Crippen LogP contribution >= 0.6 is 140 Å². The van der Waals surface area contributed by atoms with Crippen LogP contribution in [0.3, 0.4) is 0 Å². The van der Waals surface area contributed by atoms with Gasteiger partial charge in [0.05, 0.1) is 26.4 Å². The maximum Gasteiger partial charge on any atom is 0.490 e. The number of aliphatic hydroxyl groups excluding tert-OH is 4. The molecule has 80 heteroatoms. The topological polar surface area (TPSA) is 989 Å². The van der Waals surface area contributed by atoms with Crippen LogP contribution < -0.4 is 45.3 Å². The number of nitrogens with two attached hydrogens (primary N) is 2. The molecule has 4 aliphatic heterocycles. The van der Waals surface area contributed by atoms with E-state index in [9.17, 15) is 143 Å². The van der Waals surface area contributed by atoms with Crippen LogP contribution in [0.1, 0.15) is 91.1 Å². The van der Waals surface area contributed by atoms with E-state index in [4.69, 9.17) is 116 Å². The van der Waals surface area contributed by atoms with Gasteiger partial charge in [0.15, 0.2) is 24.9 Å². The lowest BCUT2D eigenvalue weighted by Crippen LogP contribution is -2.45. The number of ether oxygens (including phenoxy) is 4. The van der Waals surface area contributed by atoms with E-state index >= 15 is 0 Å². The van der Waals surface area contributed by atoms with Crippen LogP contribution in [-0.4, -0.2) is 232 Å². The molecule has 8 unspecified atom stereocenters. The normalized spacial score (nSPS) is 30.3. The second-order valence-corrected chi connectivity index (χ2v) is 45.3. The molecule has 0 spiro atoms. The highest BCUT2D eigenvalue weighted by Crippen LogP contribution is 2.71. The minimum atomic E-state index is -5.74. The van der Waals surface area contributed by atoms with E-state index in [1.54, 1.807) is 13.8 Å². The zero-order chi connectivity index (χ0) is 96.7. The maximum atomic E-state index is 12.1. The Morgan fingerprint density at radius 2 is 0.571 bits per heavy atom. The third-order valence-corrected chi connectivity index (χ3v) is 33.4. The van der Waals surface area contributed by atoms with Gasteiger partial charge in [-0.3, -0.25) is 55.9 Å². The summed E-state index contributed by atoms with van der Waals surface area (Å²) in [5, 5.41) is 37.2. The average molecular weight is 2150 g/mol. The number of phosphoric ester groups is 4. The Morgan fingerprint density at radius 3 is 0.786 bits per heavy atom. The van der Waals surface area contributed by atoms with Crippen molar-refractivity contribution in [2.75, 3.05) is 37.9 Å². The summed E-state index contributed by atoms with van der Waals surface area (Å²) in [6, 6.07) is 4.51. The van der Waals surface area contributed by atoms with Gasteiger partial charge in [-0.15, -0.1) is 46.4 Å². The van der Waals surface area contributed by atoms with E-state index in [-0.39, 0.29) is 37.3 Å². The monoisotopic (exact) mass is 2150 g/mol. The van der Waals surface area contributed by atoms with Crippen molar-refractivity contribution in [1.82, 2.24) is 38.2 Å². The summed E-state index contributed by atoms with van der Waals surface area (Å²) < 4.78 is 210. The second kappa shape index (κ2) is 43.5. The Balaban J connectivity index is 0.000000298. The van der Waals surface area contributed by atoms with E-state index < -0.39 is 247 Å². The molecule has 26 N–H and O–H groups in total. The van der Waals surface area contributed by atoms with Crippen molar-refractivity contribution >= 4 is 152 Å². The van der Waals surface area contributed by atoms with Gasteiger partial charge in [-0.25, -0.2) is 74.0 Å². The minimum Gasteiger partial charge on any atom is -0.388 e. The molecule has 8 heterocycles. The fourth-order valence-corrected chi connectivity index (χ4v) is 25.2. The van der Waals surface area contributed by atoms with Gasteiger partial charge in [0.25, 0.3) is 11.1 Å². The molecule has 0 amide bonds. The lowest BCUT2D eigenvalue weighted by molar-refractivity contribution is -0.130. The lowest BCUT2D eigenvalue weighted by Gasteiger charge is -2.32. The Bertz CT molecular complexity index is 5520. The number of hydrogen-bond acceptors (Lipinski definition) is 42. The van der Waals surface area contributed by atoms with Crippen LogP contribution in [0.2, 0.25) is 0 Å². The molecule has 64 nitrogen and oxygen atoms in total. The van der Waals surface area contributed by atoms with Crippen molar-refractivity contribution in [2.45, 2.75) is 159 Å². The molecule has 4 aromatic heterocycles. The van der Waals surface area contributed by atoms with Crippen molar-refractivity contribution in [3.8, 4) is 0 Å². The summed E-state index contributed by atoms with van der Waals surface area (Å²) >= 11 is 24.7. The van der Waals surface area contributed by atoms with Crippen LogP contribution in [0.25, 0.3) is 0 Å². The summed E-state index contributed by atoms with van der Waals surface area (Å²) in [5.74, 6) is -0.163. The molecule has 126 heavy (non-hydrogen) atoms. The second-order valence-electron chi connectivity index (χ2n) is 25.6. The number of nitrogens with one attached hydrogen (secondary N) is 2. The van der Waals surface area contributed by atoms with Crippen LogP contribution in [0.15, 0.2) is 77.8 Å². The lowest BCUT2D eigenvalue weighted by atomic mass is 9.92. The number of anilines is 2. The number of rotatable bonds is 38. The molecule has 4 aromatic rings. The van der Waals surface area contributed by atoms with E-state index in [1.165, 1.54) is 38.4 Å². The molecule has 724 valence electrons. The van der Waals surface area contributed by atoms with Crippen molar-refractivity contribution in [3.05, 3.63) is 112 Å². The number of hydrogen-bond donors (Lipinski definition) is 24. The van der Waals surface area contributed by atoms with Crippen molar-refractivity contribution < 1.29 is 225 Å². The summed E-state index contributed by atoms with van der Waals surface area (Å²) in [6.07, 6.45) is -6.88. The van der Waals surface area contributed by atoms with Gasteiger partial charge in [0.1, 0.15) is 80.0 Å². The number of nitrogens with zero attached hydrogens (tertiary/aromatic N) is 6. The first-order chi connectivity index (χ1) is 57.0. The molecule has 0 aliphatic carbocycles. The molecule has 0 saturated carbocycles. The van der Waals surface area contributed by atoms with Crippen LogP contribution in [-0.2, 0) is 126 Å². The molecule has 0 radical (unpaired) electrons. The standard InChI is InChI=1S/C12H21ClN3O13P3.C12H20ClN2O14P3.C11H19ClN3O13P3.C11H18ClN2O14P3/c1-2-4-12(6-26-31(22,23)29-32(24,25)28-30(19,20)21)9(17)8(13)10(27-12)16-5-3-7(14)15-11(16)18;1-2-4-12(6-26-31(22,23)29-32(24,25)28-30(19,20)21)9(17)8(13)10(27-12)15-5-3-7(16)14-11(15)18;1-2-11(5-25-30(21,22)28-31(23,24)27-29(18,19)20)8(16)7(12)9(26-11)15-4-3-6(13)14-10(15)17;1-2-11(5-25-30(21,22)28-31(23,24)27-29(18,19)20)8(16)7(12)9(26-11)14-4-3-6(15)13-10(14)17/h3,5,8-10,17H,2,4,6H2,1H3,(H,22,23)(H,24,25)(H2,14,15,18)(H2,19,20,21);3,5,8-10,17H,2,4,6H2,1H3,(H,22,23)(H,24,25)(H,14,16,18)(H2,19,20,21);3-4,7-9,16H,2,5H2,1H3,(H,21,22)(H,23,24)(H2,13,14,17)(H2,18,19,20);3-4,7-9,16H,2,5H2,1H3,(H,21,22)(H,23,24)(H,13,15,17)(H2,18,19,20)/t2*8-,9+,10-,12-;2*7-,8+,9-,11-/m1111/s1. The van der Waals surface area contributed by atoms with Gasteiger partial charge in [0.2, 0.25) is 0 Å². The van der Waals surface area contributed by atoms with Crippen molar-refractivity contribution in [3.63, 3.8) is 0 Å². The zero-order valence-electron chi connectivity index (χ0n) is 63.2. The number of phosphoric acid groups is 12. The van der Waals surface area contributed by atoms with Gasteiger partial charge in [-0.2, -0.15) is 44.5 Å². The number of aliphatic hydroxyl groups is 4. The van der Waals surface area contributed by atoms with E-state index in [1.807, 2.05) is 9.97 Å². The number of aromatic amines is 2. The predicted molar refractivity (Wildman–Crippen MR) is 412 cm³/mol. The molecule has 8 rings (SSSR count). The molecule has 4 aliphatic rings. The summed E-state index contributed by atoms with van der Waals surface area (Å²) in [4.78, 5) is 225. The first-order valence-corrected chi connectivity index (χ1v) is 53.3. The van der Waals surface area contributed by atoms with Gasteiger partial charge >= 0.3 is 117 Å². The SMILES string of the molecule is CCC[C@]1(COP(=O)(O)OP(=O)(O)OP(=O)(O)O)O[C@@H](n2ccc(=O)[nH]c2=O)[C@H](Cl)[C@@H]1O.CCC[C@]1(COP(=O)(O)OP(=O)(O)OP(=O)(O)O)O[C@@H](n2ccc(N)nc2=O)[C@H](Cl)[C@@H]1O.CC[C@]1(COP(=O)(O)OP(=O)(O)OP(=O)(O)O)O[C@@H](n2ccc(=O)[nH]c2=O)[C@H](Cl)[C@@H]1O.CC[C@]1(COP(=O)(O)OP(=O)(O)OP(=O)(O)O)O[C@@H](n2ccc(N)nc2=O)[C@H](Cl)[C@@H]1O. The quantitative estimate of drug-likeness (QED) is 0.0198. The van der Waals surface area contributed by atoms with Crippen molar-refractivity contribution in [2.24, 2.45) is 0 Å². The molecule has 0 bridgehead atoms. The number of halogens is 4.